The van der Waals surface area contributed by atoms with Crippen LogP contribution in [0.1, 0.15) is 55.6 Å². The molecular formula is C81H48N2. The topological polar surface area (TPSA) is 8.17 Å². The van der Waals surface area contributed by atoms with E-state index in [-0.39, 0.29) is 0 Å². The van der Waals surface area contributed by atoms with E-state index in [1.54, 1.807) is 0 Å². The molecule has 0 unspecified atom stereocenters. The second kappa shape index (κ2) is 15.5. The Morgan fingerprint density at radius 2 is 0.747 bits per heavy atom. The molecule has 1 spiro atoms. The van der Waals surface area contributed by atoms with Crippen LogP contribution >= 0.6 is 0 Å². The van der Waals surface area contributed by atoms with Gasteiger partial charge in [-0.15, -0.1) is 0 Å². The predicted octanol–water partition coefficient (Wildman–Crippen LogP) is 20.0. The Bertz CT molecular complexity index is 5180. The Labute approximate surface area is 480 Å². The van der Waals surface area contributed by atoms with Gasteiger partial charge in [-0.05, 0) is 165 Å². The Morgan fingerprint density at radius 3 is 1.40 bits per heavy atom. The summed E-state index contributed by atoms with van der Waals surface area (Å²) in [5.74, 6) is 0. The van der Waals surface area contributed by atoms with Gasteiger partial charge in [0.15, 0.2) is 0 Å². The van der Waals surface area contributed by atoms with Gasteiger partial charge in [-0.1, -0.05) is 237 Å². The van der Waals surface area contributed by atoms with Crippen LogP contribution in [0.25, 0.3) is 93.2 Å². The molecule has 0 radical (unpaired) electrons. The van der Waals surface area contributed by atoms with Crippen molar-refractivity contribution in [1.82, 2.24) is 4.57 Å². The lowest BCUT2D eigenvalue weighted by molar-refractivity contribution is 0.492. The summed E-state index contributed by atoms with van der Waals surface area (Å²) >= 11 is 0. The molecule has 15 aromatic rings. The van der Waals surface area contributed by atoms with E-state index in [1.165, 1.54) is 143 Å². The minimum atomic E-state index is -0.495. The molecule has 2 heteroatoms. The first-order valence-electron chi connectivity index (χ1n) is 29.2. The normalized spacial score (nSPS) is 17.3. The molecule has 0 saturated carbocycles. The van der Waals surface area contributed by atoms with Gasteiger partial charge < -0.3 is 9.47 Å². The van der Waals surface area contributed by atoms with Crippen molar-refractivity contribution in [3.05, 3.63) is 347 Å². The molecule has 2 nitrogen and oxygen atoms in total. The van der Waals surface area contributed by atoms with E-state index >= 15 is 0 Å². The minimum Gasteiger partial charge on any atom is -0.309 e. The van der Waals surface area contributed by atoms with Crippen molar-refractivity contribution in [2.24, 2.45) is 0 Å². The maximum atomic E-state index is 2.62. The minimum absolute atomic E-state index is 0.469. The molecule has 5 aliphatic carbocycles. The second-order valence-corrected chi connectivity index (χ2v) is 23.7. The number of hydrogen-bond acceptors (Lipinski definition) is 1. The zero-order chi connectivity index (χ0) is 53.9. The highest BCUT2D eigenvalue weighted by Gasteiger charge is 2.70. The highest BCUT2D eigenvalue weighted by atomic mass is 15.1. The summed E-state index contributed by atoms with van der Waals surface area (Å²) < 4.78 is 2.40. The molecule has 83 heavy (non-hydrogen) atoms. The fraction of sp³-hybridized carbons (Fsp3) is 0.0370. The average molecular weight is 1050 g/mol. The Hall–Kier alpha value is -10.5. The largest absolute Gasteiger partial charge is 0.309 e. The van der Waals surface area contributed by atoms with Gasteiger partial charge in [0.2, 0.25) is 0 Å². The quantitative estimate of drug-likeness (QED) is 0.167. The Kier molecular flexibility index (Phi) is 8.24. The SMILES string of the molecule is c1ccc(-n2c3ccccc3c3cc(-c4ccc(N(c5cccc6c5-c5ccccc5C65c6ccccc6-c6ccccc65)c5ccc6c7c(cccc57)C57c8cccc9cccc(c89)C65c5cccc6cccc7c56)cc4)ccc32)cc1. The molecule has 0 atom stereocenters. The molecule has 1 heterocycles. The number of fused-ring (bicyclic) bond motifs is 13. The highest BCUT2D eigenvalue weighted by molar-refractivity contribution is 6.17. The first-order valence-corrected chi connectivity index (χ1v) is 29.2. The molecule has 5 aliphatic rings. The van der Waals surface area contributed by atoms with Crippen LogP contribution in [-0.4, -0.2) is 4.57 Å². The first-order chi connectivity index (χ1) is 41.2. The van der Waals surface area contributed by atoms with Crippen molar-refractivity contribution in [3.8, 4) is 39.1 Å². The Morgan fingerprint density at radius 1 is 0.277 bits per heavy atom. The fourth-order valence-corrected chi connectivity index (χ4v) is 17.8. The number of anilines is 3. The highest BCUT2D eigenvalue weighted by Crippen LogP contribution is 2.76. The van der Waals surface area contributed by atoms with Gasteiger partial charge in [0, 0.05) is 33.1 Å². The molecule has 1 aromatic heterocycles. The lowest BCUT2D eigenvalue weighted by Gasteiger charge is -2.40. The van der Waals surface area contributed by atoms with Crippen molar-refractivity contribution in [2.75, 3.05) is 4.90 Å². The zero-order valence-corrected chi connectivity index (χ0v) is 45.1. The summed E-state index contributed by atoms with van der Waals surface area (Å²) in [6, 6.07) is 111. The number of rotatable bonds is 5. The van der Waals surface area contributed by atoms with Crippen molar-refractivity contribution in [1.29, 1.82) is 0 Å². The smallest absolute Gasteiger partial charge is 0.0726 e. The molecule has 382 valence electrons. The van der Waals surface area contributed by atoms with Gasteiger partial charge >= 0.3 is 0 Å². The van der Waals surface area contributed by atoms with E-state index in [4.69, 9.17) is 0 Å². The van der Waals surface area contributed by atoms with Crippen LogP contribution < -0.4 is 4.90 Å². The molecule has 0 aliphatic heterocycles. The molecule has 20 rings (SSSR count). The summed E-state index contributed by atoms with van der Waals surface area (Å²) in [7, 11) is 0. The Balaban J connectivity index is 0.852. The van der Waals surface area contributed by atoms with Crippen molar-refractivity contribution in [2.45, 2.75) is 16.2 Å². The molecule has 0 amide bonds. The number of aromatic nitrogens is 1. The van der Waals surface area contributed by atoms with Crippen LogP contribution in [0.15, 0.2) is 291 Å². The average Bonchev–Trinajstić information content (AvgIpc) is 1.45. The summed E-state index contributed by atoms with van der Waals surface area (Å²) in [6.45, 7) is 0. The second-order valence-electron chi connectivity index (χ2n) is 23.7. The van der Waals surface area contributed by atoms with Crippen LogP contribution in [-0.2, 0) is 16.2 Å². The van der Waals surface area contributed by atoms with Crippen LogP contribution in [0.5, 0.6) is 0 Å². The lowest BCUT2D eigenvalue weighted by Crippen LogP contribution is -2.42. The number of hydrogen-bond donors (Lipinski definition) is 0. The van der Waals surface area contributed by atoms with Gasteiger partial charge in [0.05, 0.1) is 38.7 Å². The van der Waals surface area contributed by atoms with Gasteiger partial charge in [0.1, 0.15) is 0 Å². The molecule has 0 saturated heterocycles. The fourth-order valence-electron chi connectivity index (χ4n) is 17.8. The number of benzene rings is 14. The van der Waals surface area contributed by atoms with Gasteiger partial charge in [-0.25, -0.2) is 0 Å². The van der Waals surface area contributed by atoms with Crippen LogP contribution in [0.4, 0.5) is 17.1 Å². The third-order valence-electron chi connectivity index (χ3n) is 20.4. The summed E-state index contributed by atoms with van der Waals surface area (Å²) in [5.41, 5.74) is 26.9. The summed E-state index contributed by atoms with van der Waals surface area (Å²) in [5, 5.41) is 10.5. The standard InChI is InChI=1S/C81H48N2/c1-2-22-53(23-3-1)82-71-38-11-7-26-57(71)60-48-52(42-46-73(60)82)49-40-43-54(44-41-49)83(74-39-17-32-64-78(74)58-27-6-10-31-63(58)79(64)61-29-8-4-24-55(61)56-25-5-9-30-62(56)79)72-47-45-70-77-59(72)28-16-37-69(77)80-65-33-12-18-50-20-14-35-67(75(50)65)81(70,80)68-36-15-21-51-19-13-34-66(80)76(51)68/h1-48H. The summed E-state index contributed by atoms with van der Waals surface area (Å²) in [6.07, 6.45) is 0. The molecular weight excluding hydrogens is 1000 g/mol. The van der Waals surface area contributed by atoms with Crippen LogP contribution in [0.2, 0.25) is 0 Å². The predicted molar refractivity (Wildman–Crippen MR) is 342 cm³/mol. The monoisotopic (exact) mass is 1050 g/mol. The van der Waals surface area contributed by atoms with E-state index in [0.717, 1.165) is 22.7 Å². The first kappa shape index (κ1) is 44.2. The zero-order valence-electron chi connectivity index (χ0n) is 45.1. The molecule has 14 aromatic carbocycles. The maximum absolute atomic E-state index is 2.62. The van der Waals surface area contributed by atoms with E-state index < -0.39 is 16.2 Å². The van der Waals surface area contributed by atoms with Crippen LogP contribution in [0, 0.1) is 0 Å². The van der Waals surface area contributed by atoms with Crippen molar-refractivity contribution in [3.63, 3.8) is 0 Å². The van der Waals surface area contributed by atoms with Gasteiger partial charge in [-0.3, -0.25) is 0 Å². The number of nitrogens with zero attached hydrogens (tertiary/aromatic N) is 2. The maximum Gasteiger partial charge on any atom is 0.0726 e. The third-order valence-corrected chi connectivity index (χ3v) is 20.4. The van der Waals surface area contributed by atoms with Gasteiger partial charge in [-0.2, -0.15) is 0 Å². The third kappa shape index (κ3) is 5.01. The number of para-hydroxylation sites is 2. The van der Waals surface area contributed by atoms with E-state index in [2.05, 4.69) is 301 Å². The molecule has 0 fully saturated rings. The lowest BCUT2D eigenvalue weighted by atomic mass is 9.59. The molecule has 0 N–H and O–H groups in total. The van der Waals surface area contributed by atoms with Gasteiger partial charge in [0.25, 0.3) is 0 Å². The summed E-state index contributed by atoms with van der Waals surface area (Å²) in [4.78, 5) is 2.62. The molecule has 0 bridgehead atoms. The van der Waals surface area contributed by atoms with Crippen molar-refractivity contribution >= 4 is 71.2 Å². The van der Waals surface area contributed by atoms with Crippen LogP contribution in [0.3, 0.4) is 0 Å². The van der Waals surface area contributed by atoms with E-state index in [0.29, 0.717) is 0 Å². The van der Waals surface area contributed by atoms with E-state index in [1.807, 2.05) is 0 Å². The van der Waals surface area contributed by atoms with E-state index in [9.17, 15) is 0 Å². The van der Waals surface area contributed by atoms with Crippen molar-refractivity contribution < 1.29 is 0 Å².